The van der Waals surface area contributed by atoms with Crippen LogP contribution in [0, 0.1) is 11.3 Å². The number of aromatic nitrogens is 3. The van der Waals surface area contributed by atoms with E-state index in [-0.39, 0.29) is 18.2 Å². The molecule has 10 nitrogen and oxygen atoms in total. The lowest BCUT2D eigenvalue weighted by Crippen LogP contribution is -2.49. The Kier molecular flexibility index (Phi) is 7.59. The molecule has 5 rings (SSSR count). The van der Waals surface area contributed by atoms with E-state index >= 15 is 0 Å². The lowest BCUT2D eigenvalue weighted by molar-refractivity contribution is -0.138. The van der Waals surface area contributed by atoms with Crippen molar-refractivity contribution in [3.05, 3.63) is 75.8 Å². The summed E-state index contributed by atoms with van der Waals surface area (Å²) in [6, 6.07) is 11.9. The van der Waals surface area contributed by atoms with Gasteiger partial charge in [0.2, 0.25) is 0 Å². The van der Waals surface area contributed by atoms with Crippen LogP contribution in [-0.4, -0.2) is 71.4 Å². The minimum atomic E-state index is -4.82. The molecule has 1 amide bonds. The van der Waals surface area contributed by atoms with E-state index in [1.807, 2.05) is 11.2 Å². The summed E-state index contributed by atoms with van der Waals surface area (Å²) in [7, 11) is 0. The summed E-state index contributed by atoms with van der Waals surface area (Å²) in [6.07, 6.45) is -1.05. The van der Waals surface area contributed by atoms with Gasteiger partial charge in [-0.1, -0.05) is 6.07 Å². The summed E-state index contributed by atoms with van der Waals surface area (Å²) in [4.78, 5) is 34.7. The molecule has 2 aliphatic heterocycles. The molecule has 3 aromatic rings. The van der Waals surface area contributed by atoms with Gasteiger partial charge in [0.15, 0.2) is 0 Å². The van der Waals surface area contributed by atoms with E-state index in [4.69, 9.17) is 10.00 Å². The van der Waals surface area contributed by atoms with Crippen LogP contribution in [0.15, 0.2) is 53.6 Å². The summed E-state index contributed by atoms with van der Waals surface area (Å²) in [6.45, 7) is 2.59. The normalized spacial score (nSPS) is 17.6. The SMILES string of the molecule is N#Cc1ccc(N2CCN(C(=O)c3cccc(OC[C@@H]4CCCN4c4cn[nH]c(=O)c4C(F)(F)F)c3)CC2)nc1. The van der Waals surface area contributed by atoms with Crippen LogP contribution >= 0.6 is 0 Å². The Hall–Kier alpha value is -4.60. The number of halogens is 3. The van der Waals surface area contributed by atoms with Crippen molar-refractivity contribution in [1.29, 1.82) is 5.26 Å². The predicted octanol–water partition coefficient (Wildman–Crippen LogP) is 3.07. The Morgan fingerprint density at radius 2 is 1.93 bits per heavy atom. The number of piperazine rings is 1. The number of pyridine rings is 1. The minimum absolute atomic E-state index is 0.0814. The van der Waals surface area contributed by atoms with Gasteiger partial charge in [0, 0.05) is 44.5 Å². The van der Waals surface area contributed by atoms with Crippen LogP contribution in [0.5, 0.6) is 5.75 Å². The first kappa shape index (κ1) is 27.0. The van der Waals surface area contributed by atoms with E-state index in [1.165, 1.54) is 11.1 Å². The zero-order chi connectivity index (χ0) is 28.3. The molecule has 2 aliphatic rings. The highest BCUT2D eigenvalue weighted by Gasteiger charge is 2.40. The van der Waals surface area contributed by atoms with Crippen LogP contribution in [0.25, 0.3) is 0 Å². The van der Waals surface area contributed by atoms with Gasteiger partial charge in [0.05, 0.1) is 23.5 Å². The van der Waals surface area contributed by atoms with E-state index < -0.39 is 23.3 Å². The summed E-state index contributed by atoms with van der Waals surface area (Å²) >= 11 is 0. The molecule has 208 valence electrons. The standard InChI is InChI=1S/C27H26F3N7O3/c28-27(29,30)24-22(16-33-34-25(24)38)37-8-2-4-20(37)17-40-21-5-1-3-19(13-21)26(39)36-11-9-35(10-12-36)23-7-6-18(14-31)15-32-23/h1,3,5-7,13,15-16,20H,2,4,8-12,17H2,(H,34,38)/t20-/m0/s1. The van der Waals surface area contributed by atoms with Gasteiger partial charge in [-0.25, -0.2) is 10.1 Å². The number of carbonyl (C=O) groups is 1. The van der Waals surface area contributed by atoms with Gasteiger partial charge in [0.25, 0.3) is 11.5 Å². The third-order valence-electron chi connectivity index (χ3n) is 7.10. The number of anilines is 2. The van der Waals surface area contributed by atoms with Crippen LogP contribution in [-0.2, 0) is 6.18 Å². The molecule has 1 atom stereocenters. The van der Waals surface area contributed by atoms with Crippen molar-refractivity contribution in [3.8, 4) is 11.8 Å². The maximum Gasteiger partial charge on any atom is 0.423 e. The number of aromatic amines is 1. The van der Waals surface area contributed by atoms with Crippen LogP contribution in [0.4, 0.5) is 24.7 Å². The van der Waals surface area contributed by atoms with Crippen molar-refractivity contribution in [2.75, 3.05) is 49.1 Å². The summed E-state index contributed by atoms with van der Waals surface area (Å²) in [5.74, 6) is 1.03. The summed E-state index contributed by atoms with van der Waals surface area (Å²) in [5.41, 5.74) is -1.88. The molecule has 0 spiro atoms. The monoisotopic (exact) mass is 553 g/mol. The van der Waals surface area contributed by atoms with Gasteiger partial charge < -0.3 is 19.4 Å². The third-order valence-corrected chi connectivity index (χ3v) is 7.10. The number of ether oxygens (including phenoxy) is 1. The molecule has 0 radical (unpaired) electrons. The molecule has 0 bridgehead atoms. The highest BCUT2D eigenvalue weighted by molar-refractivity contribution is 5.94. The van der Waals surface area contributed by atoms with Gasteiger partial charge in [-0.15, -0.1) is 0 Å². The molecule has 0 saturated carbocycles. The maximum atomic E-state index is 13.6. The van der Waals surface area contributed by atoms with Crippen molar-refractivity contribution in [1.82, 2.24) is 20.1 Å². The van der Waals surface area contributed by atoms with Gasteiger partial charge in [-0.05, 0) is 43.2 Å². The minimum Gasteiger partial charge on any atom is -0.491 e. The van der Waals surface area contributed by atoms with Crippen molar-refractivity contribution < 1.29 is 22.7 Å². The zero-order valence-corrected chi connectivity index (χ0v) is 21.4. The van der Waals surface area contributed by atoms with E-state index in [0.29, 0.717) is 62.4 Å². The molecule has 0 unspecified atom stereocenters. The van der Waals surface area contributed by atoms with E-state index in [9.17, 15) is 22.8 Å². The van der Waals surface area contributed by atoms with Crippen LogP contribution in [0.3, 0.4) is 0 Å². The average Bonchev–Trinajstić information content (AvgIpc) is 3.44. The van der Waals surface area contributed by atoms with E-state index in [2.05, 4.69) is 15.0 Å². The molecule has 2 saturated heterocycles. The Bertz CT molecular complexity index is 1460. The number of hydrogen-bond acceptors (Lipinski definition) is 8. The Balaban J connectivity index is 1.21. The van der Waals surface area contributed by atoms with Crippen LogP contribution in [0.2, 0.25) is 0 Å². The Labute approximate surface area is 227 Å². The first-order chi connectivity index (χ1) is 19.2. The fourth-order valence-electron chi connectivity index (χ4n) is 5.08. The second-order valence-electron chi connectivity index (χ2n) is 9.58. The van der Waals surface area contributed by atoms with E-state index in [1.54, 1.807) is 41.3 Å². The molecular weight excluding hydrogens is 527 g/mol. The lowest BCUT2D eigenvalue weighted by atomic mass is 10.1. The number of alkyl halides is 3. The number of benzene rings is 1. The molecule has 2 fully saturated rings. The molecule has 13 heteroatoms. The number of nitriles is 1. The Morgan fingerprint density at radius 1 is 1.12 bits per heavy atom. The number of nitrogens with one attached hydrogen (secondary N) is 1. The van der Waals surface area contributed by atoms with Crippen molar-refractivity contribution in [2.45, 2.75) is 25.1 Å². The van der Waals surface area contributed by atoms with Crippen LogP contribution in [0.1, 0.15) is 34.3 Å². The largest absolute Gasteiger partial charge is 0.491 e. The second kappa shape index (κ2) is 11.3. The Morgan fingerprint density at radius 3 is 2.62 bits per heavy atom. The van der Waals surface area contributed by atoms with Gasteiger partial charge in [0.1, 0.15) is 29.8 Å². The first-order valence-electron chi connectivity index (χ1n) is 12.8. The van der Waals surface area contributed by atoms with Gasteiger partial charge in [-0.2, -0.15) is 23.5 Å². The smallest absolute Gasteiger partial charge is 0.423 e. The van der Waals surface area contributed by atoms with Gasteiger partial charge in [-0.3, -0.25) is 9.59 Å². The van der Waals surface area contributed by atoms with Crippen molar-refractivity contribution in [2.24, 2.45) is 0 Å². The fourth-order valence-corrected chi connectivity index (χ4v) is 5.08. The quantitative estimate of drug-likeness (QED) is 0.495. The number of carbonyl (C=O) groups excluding carboxylic acids is 1. The van der Waals surface area contributed by atoms with Crippen molar-refractivity contribution in [3.63, 3.8) is 0 Å². The molecule has 40 heavy (non-hydrogen) atoms. The fraction of sp³-hybridized carbons (Fsp3) is 0.370. The van der Waals surface area contributed by atoms with Gasteiger partial charge >= 0.3 is 6.18 Å². The number of nitrogens with zero attached hydrogens (tertiary/aromatic N) is 6. The number of hydrogen-bond donors (Lipinski definition) is 1. The molecule has 1 aromatic carbocycles. The van der Waals surface area contributed by atoms with Crippen molar-refractivity contribution >= 4 is 17.4 Å². The first-order valence-corrected chi connectivity index (χ1v) is 12.8. The molecular formula is C27H26F3N7O3. The highest BCUT2D eigenvalue weighted by Crippen LogP contribution is 2.36. The molecule has 2 aromatic heterocycles. The predicted molar refractivity (Wildman–Crippen MR) is 139 cm³/mol. The van der Waals surface area contributed by atoms with Crippen LogP contribution < -0.4 is 20.1 Å². The number of H-pyrrole nitrogens is 1. The molecule has 0 aliphatic carbocycles. The maximum absolute atomic E-state index is 13.6. The summed E-state index contributed by atoms with van der Waals surface area (Å²) in [5, 5.41) is 14.4. The topological polar surface area (TPSA) is 118 Å². The number of amides is 1. The lowest BCUT2D eigenvalue weighted by Gasteiger charge is -2.35. The average molecular weight is 554 g/mol. The second-order valence-corrected chi connectivity index (χ2v) is 9.58. The zero-order valence-electron chi connectivity index (χ0n) is 21.4. The van der Waals surface area contributed by atoms with E-state index in [0.717, 1.165) is 12.0 Å². The summed E-state index contributed by atoms with van der Waals surface area (Å²) < 4.78 is 46.7. The molecule has 1 N–H and O–H groups in total. The highest BCUT2D eigenvalue weighted by atomic mass is 19.4. The molecule has 4 heterocycles. The number of rotatable bonds is 6. The third kappa shape index (κ3) is 5.70.